The van der Waals surface area contributed by atoms with E-state index in [-0.39, 0.29) is 5.78 Å². The molecule has 1 aromatic carbocycles. The average molecular weight is 329 g/mol. The Morgan fingerprint density at radius 1 is 1.20 bits per heavy atom. The molecule has 0 aliphatic heterocycles. The largest absolute Gasteiger partial charge is 0.399 e. The van der Waals surface area contributed by atoms with Crippen LogP contribution in [0.4, 0.5) is 5.69 Å². The fraction of sp³-hybridized carbons (Fsp3) is 0. The molecule has 0 bridgehead atoms. The van der Waals surface area contributed by atoms with E-state index in [0.717, 1.165) is 8.45 Å². The van der Waals surface area contributed by atoms with Crippen molar-refractivity contribution in [1.82, 2.24) is 0 Å². The molecule has 15 heavy (non-hydrogen) atoms. The number of ketones is 1. The number of thiophene rings is 1. The van der Waals surface area contributed by atoms with Crippen molar-refractivity contribution in [2.45, 2.75) is 0 Å². The number of benzene rings is 1. The highest BCUT2D eigenvalue weighted by Gasteiger charge is 2.10. The Balaban J connectivity index is 2.32. The summed E-state index contributed by atoms with van der Waals surface area (Å²) in [5.74, 6) is 0.0502. The van der Waals surface area contributed by atoms with E-state index in [1.165, 1.54) is 0 Å². The maximum atomic E-state index is 11.9. The monoisotopic (exact) mass is 329 g/mol. The summed E-state index contributed by atoms with van der Waals surface area (Å²) in [6, 6.07) is 8.88. The summed E-state index contributed by atoms with van der Waals surface area (Å²) in [6.07, 6.45) is 0. The van der Waals surface area contributed by atoms with Crippen molar-refractivity contribution < 1.29 is 4.79 Å². The first kappa shape index (κ1) is 10.6. The Bertz CT molecular complexity index is 490. The van der Waals surface area contributed by atoms with E-state index in [2.05, 4.69) is 22.6 Å². The van der Waals surface area contributed by atoms with Gasteiger partial charge in [0.1, 0.15) is 0 Å². The molecule has 0 saturated heterocycles. The van der Waals surface area contributed by atoms with Crippen LogP contribution in [0.15, 0.2) is 35.7 Å². The minimum Gasteiger partial charge on any atom is -0.399 e. The summed E-state index contributed by atoms with van der Waals surface area (Å²) in [7, 11) is 0. The van der Waals surface area contributed by atoms with Crippen molar-refractivity contribution in [1.29, 1.82) is 0 Å². The van der Waals surface area contributed by atoms with Crippen LogP contribution in [0.2, 0.25) is 0 Å². The zero-order chi connectivity index (χ0) is 10.8. The Morgan fingerprint density at radius 2 is 1.87 bits per heavy atom. The van der Waals surface area contributed by atoms with Crippen LogP contribution in [0.5, 0.6) is 0 Å². The van der Waals surface area contributed by atoms with E-state index in [4.69, 9.17) is 5.73 Å². The smallest absolute Gasteiger partial charge is 0.193 e. The highest BCUT2D eigenvalue weighted by atomic mass is 127. The average Bonchev–Trinajstić information content (AvgIpc) is 2.65. The van der Waals surface area contributed by atoms with Crippen molar-refractivity contribution in [2.75, 3.05) is 5.73 Å². The van der Waals surface area contributed by atoms with Crippen LogP contribution in [0.3, 0.4) is 0 Å². The fourth-order valence-electron chi connectivity index (χ4n) is 1.23. The minimum atomic E-state index is 0.0502. The van der Waals surface area contributed by atoms with Crippen molar-refractivity contribution in [3.63, 3.8) is 0 Å². The molecule has 2 rings (SSSR count). The highest BCUT2D eigenvalue weighted by Crippen LogP contribution is 2.19. The standard InChI is InChI=1S/C11H8INOS/c12-10-5-8(6-15-10)11(14)7-1-3-9(13)4-2-7/h1-6H,13H2. The third kappa shape index (κ3) is 2.38. The zero-order valence-electron chi connectivity index (χ0n) is 7.74. The van der Waals surface area contributed by atoms with Crippen molar-refractivity contribution in [3.8, 4) is 0 Å². The Kier molecular flexibility index (Phi) is 3.06. The van der Waals surface area contributed by atoms with E-state index in [1.807, 2.05) is 11.4 Å². The van der Waals surface area contributed by atoms with Gasteiger partial charge in [0, 0.05) is 22.2 Å². The zero-order valence-corrected chi connectivity index (χ0v) is 10.7. The van der Waals surface area contributed by atoms with Crippen LogP contribution >= 0.6 is 33.9 Å². The summed E-state index contributed by atoms with van der Waals surface area (Å²) in [6.45, 7) is 0. The number of hydrogen-bond donors (Lipinski definition) is 1. The second-order valence-corrected chi connectivity index (χ2v) is 5.90. The van der Waals surface area contributed by atoms with E-state index >= 15 is 0 Å². The quantitative estimate of drug-likeness (QED) is 0.522. The van der Waals surface area contributed by atoms with Gasteiger partial charge in [-0.1, -0.05) is 0 Å². The van der Waals surface area contributed by atoms with Gasteiger partial charge in [0.25, 0.3) is 0 Å². The Morgan fingerprint density at radius 3 is 2.40 bits per heavy atom. The molecule has 2 nitrogen and oxygen atoms in total. The topological polar surface area (TPSA) is 43.1 Å². The molecule has 0 fully saturated rings. The van der Waals surface area contributed by atoms with Gasteiger partial charge in [-0.05, 0) is 52.9 Å². The number of carbonyl (C=O) groups excluding carboxylic acids is 1. The minimum absolute atomic E-state index is 0.0502. The summed E-state index contributed by atoms with van der Waals surface area (Å²) in [4.78, 5) is 11.9. The SMILES string of the molecule is Nc1ccc(C(=O)c2csc(I)c2)cc1. The van der Waals surface area contributed by atoms with Gasteiger partial charge in [0.05, 0.1) is 2.88 Å². The second kappa shape index (κ2) is 4.32. The maximum Gasteiger partial charge on any atom is 0.193 e. The van der Waals surface area contributed by atoms with Crippen LogP contribution in [0, 0.1) is 2.88 Å². The van der Waals surface area contributed by atoms with Gasteiger partial charge in [0.2, 0.25) is 0 Å². The number of hydrogen-bond acceptors (Lipinski definition) is 3. The molecule has 0 aliphatic carbocycles. The fourth-order valence-corrected chi connectivity index (χ4v) is 2.56. The van der Waals surface area contributed by atoms with Crippen LogP contribution in [0.25, 0.3) is 0 Å². The maximum absolute atomic E-state index is 11.9. The van der Waals surface area contributed by atoms with Gasteiger partial charge in [0.15, 0.2) is 5.78 Å². The first-order chi connectivity index (χ1) is 7.16. The molecule has 76 valence electrons. The van der Waals surface area contributed by atoms with Crippen LogP contribution in [-0.2, 0) is 0 Å². The molecule has 0 amide bonds. The second-order valence-electron chi connectivity index (χ2n) is 3.09. The van der Waals surface area contributed by atoms with Crippen molar-refractivity contribution >= 4 is 45.4 Å². The molecule has 0 unspecified atom stereocenters. The Labute approximate surface area is 105 Å². The molecular formula is C11H8INOS. The highest BCUT2D eigenvalue weighted by molar-refractivity contribution is 14.1. The van der Waals surface area contributed by atoms with E-state index in [1.54, 1.807) is 35.6 Å². The third-order valence-electron chi connectivity index (χ3n) is 2.00. The first-order valence-corrected chi connectivity index (χ1v) is 6.27. The first-order valence-electron chi connectivity index (χ1n) is 4.31. The summed E-state index contributed by atoms with van der Waals surface area (Å²) in [5, 5.41) is 1.88. The van der Waals surface area contributed by atoms with Gasteiger partial charge >= 0.3 is 0 Å². The number of anilines is 1. The predicted molar refractivity (Wildman–Crippen MR) is 71.3 cm³/mol. The molecule has 1 heterocycles. The van der Waals surface area contributed by atoms with Crippen LogP contribution in [0.1, 0.15) is 15.9 Å². The molecule has 1 aromatic heterocycles. The van der Waals surface area contributed by atoms with E-state index in [0.29, 0.717) is 11.3 Å². The Hall–Kier alpha value is -0.880. The normalized spacial score (nSPS) is 10.2. The van der Waals surface area contributed by atoms with E-state index < -0.39 is 0 Å². The summed E-state index contributed by atoms with van der Waals surface area (Å²) >= 11 is 3.78. The lowest BCUT2D eigenvalue weighted by Gasteiger charge is -1.98. The van der Waals surface area contributed by atoms with Gasteiger partial charge in [-0.3, -0.25) is 4.79 Å². The van der Waals surface area contributed by atoms with Gasteiger partial charge in [-0.2, -0.15) is 0 Å². The lowest BCUT2D eigenvalue weighted by molar-refractivity contribution is 0.103. The van der Waals surface area contributed by atoms with Gasteiger partial charge < -0.3 is 5.73 Å². The van der Waals surface area contributed by atoms with Crippen LogP contribution < -0.4 is 5.73 Å². The predicted octanol–water partition coefficient (Wildman–Crippen LogP) is 3.17. The molecule has 0 atom stereocenters. The van der Waals surface area contributed by atoms with Gasteiger partial charge in [-0.25, -0.2) is 0 Å². The summed E-state index contributed by atoms with van der Waals surface area (Å²) in [5.41, 5.74) is 7.66. The van der Waals surface area contributed by atoms with Crippen LogP contribution in [-0.4, -0.2) is 5.78 Å². The molecular weight excluding hydrogens is 321 g/mol. The molecule has 2 N–H and O–H groups in total. The van der Waals surface area contributed by atoms with Crippen molar-refractivity contribution in [2.24, 2.45) is 0 Å². The van der Waals surface area contributed by atoms with Gasteiger partial charge in [-0.15, -0.1) is 11.3 Å². The summed E-state index contributed by atoms with van der Waals surface area (Å²) < 4.78 is 1.12. The lowest BCUT2D eigenvalue weighted by atomic mass is 10.1. The van der Waals surface area contributed by atoms with E-state index in [9.17, 15) is 4.79 Å². The van der Waals surface area contributed by atoms with Crippen molar-refractivity contribution in [3.05, 3.63) is 49.7 Å². The molecule has 0 radical (unpaired) electrons. The number of nitrogen functional groups attached to an aromatic ring is 1. The number of carbonyl (C=O) groups is 1. The molecule has 4 heteroatoms. The number of halogens is 1. The molecule has 0 saturated carbocycles. The number of nitrogens with two attached hydrogens (primary N) is 1. The molecule has 0 aliphatic rings. The lowest BCUT2D eigenvalue weighted by Crippen LogP contribution is -1.99. The molecule has 0 spiro atoms. The number of rotatable bonds is 2. The molecule has 2 aromatic rings. The third-order valence-corrected chi connectivity index (χ3v) is 3.79.